The number of hydrogen-bond acceptors (Lipinski definition) is 3. The van der Waals surface area contributed by atoms with Gasteiger partial charge in [0.1, 0.15) is 5.75 Å². The molecule has 0 heterocycles. The summed E-state index contributed by atoms with van der Waals surface area (Å²) in [6.07, 6.45) is 0. The van der Waals surface area contributed by atoms with Gasteiger partial charge in [-0.25, -0.2) is 0 Å². The Balaban J connectivity index is 2.21. The molecule has 1 amide bonds. The van der Waals surface area contributed by atoms with Gasteiger partial charge in [0.25, 0.3) is 5.91 Å². The van der Waals surface area contributed by atoms with Crippen molar-refractivity contribution in [1.29, 1.82) is 0 Å². The van der Waals surface area contributed by atoms with Crippen molar-refractivity contribution < 1.29 is 9.90 Å². The number of nitrogen functional groups attached to an aromatic ring is 1. The molecule has 4 nitrogen and oxygen atoms in total. The van der Waals surface area contributed by atoms with Crippen LogP contribution < -0.4 is 5.73 Å². The fourth-order valence-electron chi connectivity index (χ4n) is 2.17. The average molecular weight is 270 g/mol. The van der Waals surface area contributed by atoms with E-state index in [0.29, 0.717) is 17.8 Å². The second-order valence-corrected chi connectivity index (χ2v) is 4.87. The van der Waals surface area contributed by atoms with Gasteiger partial charge >= 0.3 is 0 Å². The number of aryl methyl sites for hydroxylation is 1. The van der Waals surface area contributed by atoms with E-state index in [2.05, 4.69) is 0 Å². The van der Waals surface area contributed by atoms with Gasteiger partial charge < -0.3 is 15.7 Å². The summed E-state index contributed by atoms with van der Waals surface area (Å²) in [6.45, 7) is 2.28. The Bertz CT molecular complexity index is 618. The van der Waals surface area contributed by atoms with Gasteiger partial charge in [0, 0.05) is 19.3 Å². The van der Waals surface area contributed by atoms with E-state index in [1.165, 1.54) is 0 Å². The van der Waals surface area contributed by atoms with Gasteiger partial charge in [-0.05, 0) is 36.2 Å². The van der Waals surface area contributed by atoms with Crippen molar-refractivity contribution in [3.63, 3.8) is 0 Å². The normalized spacial score (nSPS) is 10.3. The van der Waals surface area contributed by atoms with Gasteiger partial charge in [-0.3, -0.25) is 4.79 Å². The molecule has 0 saturated heterocycles. The predicted octanol–water partition coefficient (Wildman–Crippen LogP) is 2.56. The van der Waals surface area contributed by atoms with E-state index in [-0.39, 0.29) is 11.7 Å². The first-order valence-corrected chi connectivity index (χ1v) is 6.37. The molecular weight excluding hydrogens is 252 g/mol. The zero-order chi connectivity index (χ0) is 14.7. The largest absolute Gasteiger partial charge is 0.508 e. The Labute approximate surface area is 118 Å². The number of nitrogens with zero attached hydrogens (tertiary/aromatic N) is 1. The summed E-state index contributed by atoms with van der Waals surface area (Å²) < 4.78 is 0. The van der Waals surface area contributed by atoms with Crippen molar-refractivity contribution in [2.75, 3.05) is 12.8 Å². The SMILES string of the molecule is Cc1cccc(N)c1C(=O)N(C)Cc1cccc(O)c1. The molecule has 0 fully saturated rings. The van der Waals surface area contributed by atoms with Gasteiger partial charge in [-0.1, -0.05) is 24.3 Å². The number of nitrogens with two attached hydrogens (primary N) is 1. The number of aromatic hydroxyl groups is 1. The van der Waals surface area contributed by atoms with Crippen LogP contribution in [-0.2, 0) is 6.54 Å². The summed E-state index contributed by atoms with van der Waals surface area (Å²) in [6, 6.07) is 12.3. The van der Waals surface area contributed by atoms with Crippen LogP contribution in [0.4, 0.5) is 5.69 Å². The van der Waals surface area contributed by atoms with Crippen LogP contribution in [0.1, 0.15) is 21.5 Å². The van der Waals surface area contributed by atoms with Gasteiger partial charge in [-0.2, -0.15) is 0 Å². The van der Waals surface area contributed by atoms with Crippen LogP contribution in [0, 0.1) is 6.92 Å². The van der Waals surface area contributed by atoms with Crippen molar-refractivity contribution in [3.8, 4) is 5.75 Å². The fourth-order valence-corrected chi connectivity index (χ4v) is 2.17. The lowest BCUT2D eigenvalue weighted by molar-refractivity contribution is 0.0785. The van der Waals surface area contributed by atoms with Crippen LogP contribution in [0.2, 0.25) is 0 Å². The molecule has 3 N–H and O–H groups in total. The number of phenolic OH excluding ortho intramolecular Hbond substituents is 1. The first-order chi connectivity index (χ1) is 9.49. The lowest BCUT2D eigenvalue weighted by Gasteiger charge is -2.19. The van der Waals surface area contributed by atoms with Crippen molar-refractivity contribution in [2.24, 2.45) is 0 Å². The Kier molecular flexibility index (Phi) is 3.94. The number of carbonyl (C=O) groups is 1. The molecule has 0 saturated carbocycles. The lowest BCUT2D eigenvalue weighted by Crippen LogP contribution is -2.27. The number of phenols is 1. The zero-order valence-electron chi connectivity index (χ0n) is 11.6. The molecule has 0 radical (unpaired) electrons. The summed E-state index contributed by atoms with van der Waals surface area (Å²) in [5, 5.41) is 9.45. The summed E-state index contributed by atoms with van der Waals surface area (Å²) in [7, 11) is 1.72. The van der Waals surface area contributed by atoms with Crippen molar-refractivity contribution in [2.45, 2.75) is 13.5 Å². The van der Waals surface area contributed by atoms with E-state index in [1.54, 1.807) is 36.2 Å². The summed E-state index contributed by atoms with van der Waals surface area (Å²) in [5.41, 5.74) is 8.64. The highest BCUT2D eigenvalue weighted by Crippen LogP contribution is 2.19. The third-order valence-electron chi connectivity index (χ3n) is 3.20. The van der Waals surface area contributed by atoms with Crippen LogP contribution in [0.15, 0.2) is 42.5 Å². The second kappa shape index (κ2) is 5.65. The monoisotopic (exact) mass is 270 g/mol. The first-order valence-electron chi connectivity index (χ1n) is 6.37. The molecule has 2 rings (SSSR count). The Morgan fingerprint density at radius 1 is 1.25 bits per heavy atom. The molecule has 2 aromatic carbocycles. The topological polar surface area (TPSA) is 66.6 Å². The van der Waals surface area contributed by atoms with E-state index in [9.17, 15) is 9.90 Å². The Morgan fingerprint density at radius 2 is 1.95 bits per heavy atom. The molecule has 0 atom stereocenters. The molecule has 104 valence electrons. The highest BCUT2D eigenvalue weighted by molar-refractivity contribution is 6.00. The molecule has 4 heteroatoms. The summed E-state index contributed by atoms with van der Waals surface area (Å²) in [4.78, 5) is 14.0. The summed E-state index contributed by atoms with van der Waals surface area (Å²) >= 11 is 0. The summed E-state index contributed by atoms with van der Waals surface area (Å²) in [5.74, 6) is 0.0719. The van der Waals surface area contributed by atoms with Gasteiger partial charge in [0.05, 0.1) is 5.56 Å². The molecule has 0 aliphatic heterocycles. The van der Waals surface area contributed by atoms with Crippen LogP contribution in [0.3, 0.4) is 0 Å². The number of carbonyl (C=O) groups excluding carboxylic acids is 1. The number of rotatable bonds is 3. The number of benzene rings is 2. The number of anilines is 1. The van der Waals surface area contributed by atoms with Gasteiger partial charge in [0.15, 0.2) is 0 Å². The van der Waals surface area contributed by atoms with Crippen molar-refractivity contribution >= 4 is 11.6 Å². The van der Waals surface area contributed by atoms with Crippen molar-refractivity contribution in [3.05, 3.63) is 59.2 Å². The number of hydrogen-bond donors (Lipinski definition) is 2. The molecule has 0 aliphatic rings. The minimum Gasteiger partial charge on any atom is -0.508 e. The minimum absolute atomic E-state index is 0.121. The average Bonchev–Trinajstić information content (AvgIpc) is 2.38. The lowest BCUT2D eigenvalue weighted by atomic mass is 10.1. The molecule has 0 aliphatic carbocycles. The van der Waals surface area contributed by atoms with E-state index in [4.69, 9.17) is 5.73 Å². The van der Waals surface area contributed by atoms with Crippen LogP contribution in [0.25, 0.3) is 0 Å². The van der Waals surface area contributed by atoms with Gasteiger partial charge in [0.2, 0.25) is 0 Å². The highest BCUT2D eigenvalue weighted by atomic mass is 16.3. The molecule has 2 aromatic rings. The molecule has 0 unspecified atom stereocenters. The molecule has 0 spiro atoms. The smallest absolute Gasteiger partial charge is 0.256 e. The third kappa shape index (κ3) is 2.91. The Hall–Kier alpha value is -2.49. The second-order valence-electron chi connectivity index (χ2n) is 4.87. The number of amides is 1. The van der Waals surface area contributed by atoms with E-state index in [0.717, 1.165) is 11.1 Å². The molecule has 0 bridgehead atoms. The standard InChI is InChI=1S/C16H18N2O2/c1-11-5-3-8-14(17)15(11)16(20)18(2)10-12-6-4-7-13(19)9-12/h3-9,19H,10,17H2,1-2H3. The molecule has 0 aromatic heterocycles. The maximum absolute atomic E-state index is 12.5. The predicted molar refractivity (Wildman–Crippen MR) is 79.5 cm³/mol. The third-order valence-corrected chi connectivity index (χ3v) is 3.20. The first kappa shape index (κ1) is 13.9. The highest BCUT2D eigenvalue weighted by Gasteiger charge is 2.17. The minimum atomic E-state index is -0.121. The van der Waals surface area contributed by atoms with E-state index >= 15 is 0 Å². The van der Waals surface area contributed by atoms with Crippen LogP contribution in [0.5, 0.6) is 5.75 Å². The zero-order valence-corrected chi connectivity index (χ0v) is 11.6. The van der Waals surface area contributed by atoms with Gasteiger partial charge in [-0.15, -0.1) is 0 Å². The molecular formula is C16H18N2O2. The van der Waals surface area contributed by atoms with E-state index in [1.807, 2.05) is 25.1 Å². The van der Waals surface area contributed by atoms with Crippen LogP contribution >= 0.6 is 0 Å². The fraction of sp³-hybridized carbons (Fsp3) is 0.188. The Morgan fingerprint density at radius 3 is 2.60 bits per heavy atom. The quantitative estimate of drug-likeness (QED) is 0.842. The molecule has 20 heavy (non-hydrogen) atoms. The van der Waals surface area contributed by atoms with Crippen LogP contribution in [-0.4, -0.2) is 23.0 Å². The maximum atomic E-state index is 12.5. The van der Waals surface area contributed by atoms with E-state index < -0.39 is 0 Å². The van der Waals surface area contributed by atoms with Crippen molar-refractivity contribution in [1.82, 2.24) is 4.90 Å². The maximum Gasteiger partial charge on any atom is 0.256 e.